The summed E-state index contributed by atoms with van der Waals surface area (Å²) in [4.78, 5) is 2.49. The molecule has 1 aliphatic heterocycles. The third-order valence-electron chi connectivity index (χ3n) is 6.05. The second kappa shape index (κ2) is 4.07. The molecule has 0 spiro atoms. The Bertz CT molecular complexity index is 500. The van der Waals surface area contributed by atoms with Gasteiger partial charge < -0.3 is 10.0 Å². The SMILES string of the molecule is CN1CC[C@@]23CCCC(O)[C@H]2[C@H]1Cc1ccccc13. The van der Waals surface area contributed by atoms with Gasteiger partial charge in [-0.2, -0.15) is 0 Å². The van der Waals surface area contributed by atoms with Crippen molar-refractivity contribution in [2.45, 2.75) is 49.7 Å². The number of benzene rings is 1. The van der Waals surface area contributed by atoms with Crippen molar-refractivity contribution in [3.05, 3.63) is 35.4 Å². The van der Waals surface area contributed by atoms with Crippen LogP contribution in [0.5, 0.6) is 0 Å². The molecule has 4 atom stereocenters. The number of aliphatic hydroxyl groups excluding tert-OH is 1. The lowest BCUT2D eigenvalue weighted by Crippen LogP contribution is -2.63. The van der Waals surface area contributed by atoms with Crippen LogP contribution in [0.2, 0.25) is 0 Å². The van der Waals surface area contributed by atoms with Crippen LogP contribution in [0.25, 0.3) is 0 Å². The molecular formula is C17H23NO. The van der Waals surface area contributed by atoms with Crippen molar-refractivity contribution >= 4 is 0 Å². The van der Waals surface area contributed by atoms with Crippen molar-refractivity contribution in [3.63, 3.8) is 0 Å². The number of piperidine rings is 1. The average molecular weight is 257 g/mol. The molecule has 19 heavy (non-hydrogen) atoms. The molecule has 2 heteroatoms. The third-order valence-corrected chi connectivity index (χ3v) is 6.05. The first-order valence-corrected chi connectivity index (χ1v) is 7.69. The monoisotopic (exact) mass is 257 g/mol. The van der Waals surface area contributed by atoms with Gasteiger partial charge >= 0.3 is 0 Å². The molecular weight excluding hydrogens is 234 g/mol. The first-order chi connectivity index (χ1) is 9.22. The van der Waals surface area contributed by atoms with E-state index in [9.17, 15) is 5.11 Å². The summed E-state index contributed by atoms with van der Waals surface area (Å²) in [7, 11) is 2.24. The zero-order valence-electron chi connectivity index (χ0n) is 11.7. The number of hydrogen-bond donors (Lipinski definition) is 1. The number of hydrogen-bond acceptors (Lipinski definition) is 2. The number of fused-ring (bicyclic) bond motifs is 1. The molecule has 1 N–H and O–H groups in total. The standard InChI is InChI=1S/C17H23NO/c1-18-10-9-17-8-4-7-15(19)16(17)14(18)11-12-5-2-3-6-13(12)17/h2-3,5-6,14-16,19H,4,7-11H2,1H3/t14-,15?,16-,17-/m1/s1. The molecule has 2 nitrogen and oxygen atoms in total. The fourth-order valence-electron chi connectivity index (χ4n) is 5.21. The Morgan fingerprint density at radius 3 is 3.00 bits per heavy atom. The number of likely N-dealkylation sites (N-methyl/N-ethyl adjacent to an activating group) is 1. The average Bonchev–Trinajstić information content (AvgIpc) is 2.43. The lowest BCUT2D eigenvalue weighted by Gasteiger charge is -2.59. The molecule has 1 unspecified atom stereocenters. The topological polar surface area (TPSA) is 23.5 Å². The Labute approximate surface area is 115 Å². The van der Waals surface area contributed by atoms with Crippen molar-refractivity contribution in [3.8, 4) is 0 Å². The summed E-state index contributed by atoms with van der Waals surface area (Å²) in [5, 5.41) is 10.6. The van der Waals surface area contributed by atoms with Gasteiger partial charge in [-0.3, -0.25) is 0 Å². The molecule has 1 aromatic rings. The van der Waals surface area contributed by atoms with Crippen molar-refractivity contribution in [1.29, 1.82) is 0 Å². The van der Waals surface area contributed by atoms with Gasteiger partial charge in [-0.05, 0) is 56.8 Å². The van der Waals surface area contributed by atoms with Gasteiger partial charge in [-0.1, -0.05) is 24.3 Å². The Hall–Kier alpha value is -0.860. The number of rotatable bonds is 0. The molecule has 1 saturated carbocycles. The van der Waals surface area contributed by atoms with E-state index in [1.165, 1.54) is 31.4 Å². The largest absolute Gasteiger partial charge is 0.393 e. The smallest absolute Gasteiger partial charge is 0.0592 e. The molecule has 2 aliphatic carbocycles. The Morgan fingerprint density at radius 1 is 1.26 bits per heavy atom. The van der Waals surface area contributed by atoms with E-state index in [1.54, 1.807) is 5.56 Å². The van der Waals surface area contributed by atoms with Crippen LogP contribution in [0.4, 0.5) is 0 Å². The Balaban J connectivity index is 1.91. The van der Waals surface area contributed by atoms with Crippen molar-refractivity contribution in [2.75, 3.05) is 13.6 Å². The second-order valence-corrected chi connectivity index (χ2v) is 6.80. The molecule has 2 fully saturated rings. The highest BCUT2D eigenvalue weighted by atomic mass is 16.3. The van der Waals surface area contributed by atoms with Gasteiger partial charge in [0.25, 0.3) is 0 Å². The first kappa shape index (κ1) is 11.9. The predicted octanol–water partition coefficient (Wildman–Crippen LogP) is 2.35. The van der Waals surface area contributed by atoms with Gasteiger partial charge in [0.2, 0.25) is 0 Å². The van der Waals surface area contributed by atoms with Gasteiger partial charge in [0.05, 0.1) is 6.10 Å². The highest BCUT2D eigenvalue weighted by molar-refractivity contribution is 5.41. The highest BCUT2D eigenvalue weighted by Gasteiger charge is 2.55. The van der Waals surface area contributed by atoms with E-state index in [-0.39, 0.29) is 11.5 Å². The Kier molecular flexibility index (Phi) is 2.55. The fourth-order valence-corrected chi connectivity index (χ4v) is 5.21. The normalized spacial score (nSPS) is 41.5. The molecule has 2 bridgehead atoms. The number of aliphatic hydroxyl groups is 1. The minimum atomic E-state index is -0.102. The molecule has 102 valence electrons. The second-order valence-electron chi connectivity index (χ2n) is 6.80. The van der Waals surface area contributed by atoms with Crippen LogP contribution in [0.1, 0.15) is 36.8 Å². The maximum Gasteiger partial charge on any atom is 0.0592 e. The van der Waals surface area contributed by atoms with Gasteiger partial charge in [0.15, 0.2) is 0 Å². The molecule has 4 rings (SSSR count). The summed E-state index contributed by atoms with van der Waals surface area (Å²) >= 11 is 0. The summed E-state index contributed by atoms with van der Waals surface area (Å²) in [6.45, 7) is 1.18. The minimum absolute atomic E-state index is 0.102. The summed E-state index contributed by atoms with van der Waals surface area (Å²) in [6.07, 6.45) is 5.70. The van der Waals surface area contributed by atoms with Crippen LogP contribution >= 0.6 is 0 Å². The van der Waals surface area contributed by atoms with Crippen molar-refractivity contribution in [2.24, 2.45) is 5.92 Å². The molecule has 3 aliphatic rings. The summed E-state index contributed by atoms with van der Waals surface area (Å²) in [6, 6.07) is 9.54. The van der Waals surface area contributed by atoms with Gasteiger partial charge in [0, 0.05) is 17.4 Å². The maximum absolute atomic E-state index is 10.6. The van der Waals surface area contributed by atoms with E-state index in [2.05, 4.69) is 36.2 Å². The van der Waals surface area contributed by atoms with Crippen LogP contribution in [0.3, 0.4) is 0 Å². The molecule has 0 amide bonds. The van der Waals surface area contributed by atoms with Crippen molar-refractivity contribution in [1.82, 2.24) is 4.90 Å². The van der Waals surface area contributed by atoms with E-state index >= 15 is 0 Å². The lowest BCUT2D eigenvalue weighted by molar-refractivity contribution is -0.0746. The minimum Gasteiger partial charge on any atom is -0.393 e. The lowest BCUT2D eigenvalue weighted by atomic mass is 9.51. The zero-order chi connectivity index (χ0) is 13.0. The van der Waals surface area contributed by atoms with Crippen LogP contribution in [-0.2, 0) is 11.8 Å². The summed E-state index contributed by atoms with van der Waals surface area (Å²) < 4.78 is 0. The fraction of sp³-hybridized carbons (Fsp3) is 0.647. The summed E-state index contributed by atoms with van der Waals surface area (Å²) in [5.41, 5.74) is 3.36. The van der Waals surface area contributed by atoms with Gasteiger partial charge in [-0.15, -0.1) is 0 Å². The quantitative estimate of drug-likeness (QED) is 0.771. The molecule has 1 heterocycles. The van der Waals surface area contributed by atoms with Gasteiger partial charge in [0.1, 0.15) is 0 Å². The predicted molar refractivity (Wildman–Crippen MR) is 76.2 cm³/mol. The molecule has 0 radical (unpaired) electrons. The Morgan fingerprint density at radius 2 is 2.11 bits per heavy atom. The van der Waals surface area contributed by atoms with E-state index in [1.807, 2.05) is 0 Å². The van der Waals surface area contributed by atoms with Crippen molar-refractivity contribution < 1.29 is 5.11 Å². The first-order valence-electron chi connectivity index (χ1n) is 7.69. The van der Waals surface area contributed by atoms with Crippen LogP contribution in [0, 0.1) is 5.92 Å². The van der Waals surface area contributed by atoms with E-state index in [0.29, 0.717) is 12.0 Å². The van der Waals surface area contributed by atoms with Crippen LogP contribution in [-0.4, -0.2) is 35.7 Å². The number of likely N-dealkylation sites (tertiary alicyclic amines) is 1. The van der Waals surface area contributed by atoms with Crippen LogP contribution in [0.15, 0.2) is 24.3 Å². The van der Waals surface area contributed by atoms with E-state index in [4.69, 9.17) is 0 Å². The van der Waals surface area contributed by atoms with E-state index in [0.717, 1.165) is 12.8 Å². The van der Waals surface area contributed by atoms with E-state index < -0.39 is 0 Å². The molecule has 0 aromatic heterocycles. The van der Waals surface area contributed by atoms with Gasteiger partial charge in [-0.25, -0.2) is 0 Å². The molecule has 1 aromatic carbocycles. The zero-order valence-corrected chi connectivity index (χ0v) is 11.7. The maximum atomic E-state index is 10.6. The highest BCUT2D eigenvalue weighted by Crippen LogP contribution is 2.55. The summed E-state index contributed by atoms with van der Waals surface area (Å²) in [5.74, 6) is 0.454. The van der Waals surface area contributed by atoms with Crippen LogP contribution < -0.4 is 0 Å². The molecule has 1 saturated heterocycles. The number of nitrogens with zero attached hydrogens (tertiary/aromatic N) is 1. The third kappa shape index (κ3) is 1.50.